The molecule has 3 aromatic rings. The molecule has 0 saturated heterocycles. The molecule has 1 fully saturated rings. The van der Waals surface area contributed by atoms with Gasteiger partial charge >= 0.3 is 0 Å². The largest absolute Gasteiger partial charge is 0.455 e. The van der Waals surface area contributed by atoms with Gasteiger partial charge in [-0.3, -0.25) is 4.79 Å². The van der Waals surface area contributed by atoms with E-state index < -0.39 is 0 Å². The number of anilines is 1. The summed E-state index contributed by atoms with van der Waals surface area (Å²) < 4.78 is 7.74. The second kappa shape index (κ2) is 7.79. The average molecular weight is 381 g/mol. The molecule has 2 aromatic carbocycles. The van der Waals surface area contributed by atoms with Crippen LogP contribution in [-0.2, 0) is 4.79 Å². The predicted molar refractivity (Wildman–Crippen MR) is 103 cm³/mol. The van der Waals surface area contributed by atoms with E-state index in [0.717, 1.165) is 24.2 Å². The summed E-state index contributed by atoms with van der Waals surface area (Å²) in [7, 11) is 0. The first-order valence-electron chi connectivity index (χ1n) is 8.73. The van der Waals surface area contributed by atoms with E-state index in [0.29, 0.717) is 22.6 Å². The van der Waals surface area contributed by atoms with Crippen molar-refractivity contribution in [1.29, 1.82) is 0 Å². The molecule has 1 N–H and O–H groups in total. The highest BCUT2D eigenvalue weighted by molar-refractivity contribution is 7.99. The zero-order valence-electron chi connectivity index (χ0n) is 14.8. The fraction of sp³-hybridized carbons (Fsp3) is 0.263. The van der Waals surface area contributed by atoms with Gasteiger partial charge in [0, 0.05) is 0 Å². The minimum Gasteiger partial charge on any atom is -0.455 e. The summed E-state index contributed by atoms with van der Waals surface area (Å²) in [5.41, 5.74) is 1.74. The van der Waals surface area contributed by atoms with Crippen molar-refractivity contribution in [3.8, 4) is 11.5 Å². The van der Waals surface area contributed by atoms with Crippen molar-refractivity contribution >= 4 is 23.4 Å². The molecular weight excluding hydrogens is 362 g/mol. The molecule has 8 heteroatoms. The normalized spacial score (nSPS) is 13.4. The molecule has 27 heavy (non-hydrogen) atoms. The lowest BCUT2D eigenvalue weighted by molar-refractivity contribution is -0.113. The molecule has 1 aromatic heterocycles. The van der Waals surface area contributed by atoms with Crippen LogP contribution < -0.4 is 10.1 Å². The molecule has 138 valence electrons. The van der Waals surface area contributed by atoms with Crippen LogP contribution in [0.1, 0.15) is 24.4 Å². The first-order valence-corrected chi connectivity index (χ1v) is 9.71. The number of para-hydroxylation sites is 2. The van der Waals surface area contributed by atoms with Crippen LogP contribution in [0.3, 0.4) is 0 Å². The molecule has 1 saturated carbocycles. The number of tetrazole rings is 1. The second-order valence-corrected chi connectivity index (χ2v) is 7.33. The Kier molecular flexibility index (Phi) is 5.06. The van der Waals surface area contributed by atoms with Gasteiger partial charge in [-0.2, -0.15) is 0 Å². The van der Waals surface area contributed by atoms with Crippen LogP contribution in [0.2, 0.25) is 0 Å². The summed E-state index contributed by atoms with van der Waals surface area (Å²) in [6.07, 6.45) is 2.18. The van der Waals surface area contributed by atoms with E-state index in [2.05, 4.69) is 20.8 Å². The number of thioether (sulfide) groups is 1. The van der Waals surface area contributed by atoms with Crippen LogP contribution in [0.25, 0.3) is 0 Å². The topological polar surface area (TPSA) is 81.9 Å². The third-order valence-corrected chi connectivity index (χ3v) is 5.00. The lowest BCUT2D eigenvalue weighted by Gasteiger charge is -2.12. The summed E-state index contributed by atoms with van der Waals surface area (Å²) in [6.45, 7) is 2.01. The maximum Gasteiger partial charge on any atom is 0.234 e. The summed E-state index contributed by atoms with van der Waals surface area (Å²) in [5, 5.41) is 15.3. The van der Waals surface area contributed by atoms with Gasteiger partial charge in [-0.1, -0.05) is 36.0 Å². The number of nitrogens with zero attached hydrogens (tertiary/aromatic N) is 4. The number of aromatic nitrogens is 4. The SMILES string of the molecule is Cc1cccc(Oc2ccccc2NC(=O)CSc2nnnn2C2CC2)c1. The van der Waals surface area contributed by atoms with Gasteiger partial charge in [-0.25, -0.2) is 4.68 Å². The molecule has 1 amide bonds. The van der Waals surface area contributed by atoms with E-state index in [-0.39, 0.29) is 11.7 Å². The molecule has 1 heterocycles. The van der Waals surface area contributed by atoms with Gasteiger partial charge in [-0.05, 0) is 60.0 Å². The Bertz CT molecular complexity index is 955. The fourth-order valence-electron chi connectivity index (χ4n) is 2.61. The number of amides is 1. The maximum atomic E-state index is 12.4. The van der Waals surface area contributed by atoms with Crippen molar-refractivity contribution in [3.63, 3.8) is 0 Å². The molecule has 1 aliphatic rings. The number of aryl methyl sites for hydroxylation is 1. The van der Waals surface area contributed by atoms with Crippen LogP contribution >= 0.6 is 11.8 Å². The lowest BCUT2D eigenvalue weighted by Crippen LogP contribution is -2.15. The average Bonchev–Trinajstić information content (AvgIpc) is 3.39. The number of carbonyl (C=O) groups is 1. The zero-order valence-corrected chi connectivity index (χ0v) is 15.6. The van der Waals surface area contributed by atoms with Gasteiger partial charge in [0.1, 0.15) is 5.75 Å². The predicted octanol–water partition coefficient (Wildman–Crippen LogP) is 3.84. The van der Waals surface area contributed by atoms with Crippen molar-refractivity contribution in [1.82, 2.24) is 20.2 Å². The lowest BCUT2D eigenvalue weighted by atomic mass is 10.2. The van der Waals surface area contributed by atoms with Crippen molar-refractivity contribution in [2.75, 3.05) is 11.1 Å². The molecule has 0 atom stereocenters. The highest BCUT2D eigenvalue weighted by atomic mass is 32.2. The van der Waals surface area contributed by atoms with Crippen molar-refractivity contribution in [2.45, 2.75) is 31.0 Å². The minimum atomic E-state index is -0.134. The fourth-order valence-corrected chi connectivity index (χ4v) is 3.35. The van der Waals surface area contributed by atoms with Gasteiger partial charge in [-0.15, -0.1) is 5.10 Å². The Morgan fingerprint density at radius 3 is 2.93 bits per heavy atom. The number of ether oxygens (including phenoxy) is 1. The number of hydrogen-bond donors (Lipinski definition) is 1. The van der Waals surface area contributed by atoms with Gasteiger partial charge in [0.05, 0.1) is 17.5 Å². The van der Waals surface area contributed by atoms with Crippen molar-refractivity contribution < 1.29 is 9.53 Å². The van der Waals surface area contributed by atoms with Gasteiger partial charge in [0.15, 0.2) is 5.75 Å². The first kappa shape index (κ1) is 17.5. The summed E-state index contributed by atoms with van der Waals surface area (Å²) in [4.78, 5) is 12.4. The molecule has 0 spiro atoms. The number of carbonyl (C=O) groups excluding carboxylic acids is 1. The van der Waals surface area contributed by atoms with Crippen LogP contribution in [0.5, 0.6) is 11.5 Å². The maximum absolute atomic E-state index is 12.4. The minimum absolute atomic E-state index is 0.134. The van der Waals surface area contributed by atoms with Gasteiger partial charge < -0.3 is 10.1 Å². The van der Waals surface area contributed by atoms with Crippen molar-refractivity contribution in [3.05, 3.63) is 54.1 Å². The number of hydrogen-bond acceptors (Lipinski definition) is 6. The van der Waals surface area contributed by atoms with Gasteiger partial charge in [0.2, 0.25) is 11.1 Å². The van der Waals surface area contributed by atoms with Crippen LogP contribution in [0, 0.1) is 6.92 Å². The second-order valence-electron chi connectivity index (χ2n) is 6.39. The van der Waals surface area contributed by atoms with E-state index >= 15 is 0 Å². The molecule has 1 aliphatic carbocycles. The van der Waals surface area contributed by atoms with E-state index in [4.69, 9.17) is 4.74 Å². The standard InChI is InChI=1S/C19H19N5O2S/c1-13-5-4-6-15(11-13)26-17-8-3-2-7-16(17)20-18(25)12-27-19-21-22-23-24(19)14-9-10-14/h2-8,11,14H,9-10,12H2,1H3,(H,20,25). The van der Waals surface area contributed by atoms with Crippen molar-refractivity contribution in [2.24, 2.45) is 0 Å². The van der Waals surface area contributed by atoms with Crippen LogP contribution in [0.15, 0.2) is 53.7 Å². The van der Waals surface area contributed by atoms with E-state index in [9.17, 15) is 4.79 Å². The number of rotatable bonds is 7. The molecule has 0 bridgehead atoms. The zero-order chi connectivity index (χ0) is 18.6. The quantitative estimate of drug-likeness (QED) is 0.626. The van der Waals surface area contributed by atoms with Crippen LogP contribution in [-0.4, -0.2) is 31.9 Å². The van der Waals surface area contributed by atoms with E-state index in [1.54, 1.807) is 4.68 Å². The van der Waals surface area contributed by atoms with E-state index in [1.165, 1.54) is 11.8 Å². The van der Waals surface area contributed by atoms with Crippen LogP contribution in [0.4, 0.5) is 5.69 Å². The monoisotopic (exact) mass is 381 g/mol. The third kappa shape index (κ3) is 4.46. The summed E-state index contributed by atoms with van der Waals surface area (Å²) in [5.74, 6) is 1.43. The Hall–Kier alpha value is -2.87. The Balaban J connectivity index is 1.40. The highest BCUT2D eigenvalue weighted by Gasteiger charge is 2.28. The summed E-state index contributed by atoms with van der Waals surface area (Å²) in [6, 6.07) is 15.6. The highest BCUT2D eigenvalue weighted by Crippen LogP contribution is 2.36. The van der Waals surface area contributed by atoms with Gasteiger partial charge in [0.25, 0.3) is 0 Å². The molecule has 7 nitrogen and oxygen atoms in total. The summed E-state index contributed by atoms with van der Waals surface area (Å²) >= 11 is 1.34. The molecule has 0 unspecified atom stereocenters. The third-order valence-electron chi connectivity index (χ3n) is 4.07. The molecule has 4 rings (SSSR count). The Morgan fingerprint density at radius 2 is 2.11 bits per heavy atom. The molecule has 0 radical (unpaired) electrons. The number of nitrogens with one attached hydrogen (secondary N) is 1. The Morgan fingerprint density at radius 1 is 1.26 bits per heavy atom. The first-order chi connectivity index (χ1) is 13.2. The van der Waals surface area contributed by atoms with E-state index in [1.807, 2.05) is 55.5 Å². The molecular formula is C19H19N5O2S. The smallest absolute Gasteiger partial charge is 0.234 e. The Labute approximate surface area is 161 Å². The number of benzene rings is 2. The molecule has 0 aliphatic heterocycles.